The Labute approximate surface area is 184 Å². The van der Waals surface area contributed by atoms with Gasteiger partial charge in [-0.1, -0.05) is 0 Å². The van der Waals surface area contributed by atoms with Crippen molar-refractivity contribution in [2.75, 3.05) is 56.2 Å². The number of anilines is 2. The van der Waals surface area contributed by atoms with Gasteiger partial charge in [-0.3, -0.25) is 14.6 Å². The highest BCUT2D eigenvalue weighted by Gasteiger charge is 2.33. The second-order valence-corrected chi connectivity index (χ2v) is 7.79. The lowest BCUT2D eigenvalue weighted by molar-refractivity contribution is -0.119. The predicted octanol–water partition coefficient (Wildman–Crippen LogP) is 1.61. The van der Waals surface area contributed by atoms with E-state index in [9.17, 15) is 14.0 Å². The van der Waals surface area contributed by atoms with E-state index in [2.05, 4.69) is 15.4 Å². The highest BCUT2D eigenvalue weighted by atomic mass is 19.1. The van der Waals surface area contributed by atoms with Crippen LogP contribution in [0.2, 0.25) is 0 Å². The monoisotopic (exact) mass is 447 g/mol. The third-order valence-corrected chi connectivity index (χ3v) is 5.53. The molecule has 2 saturated heterocycles. The number of halogens is 1. The van der Waals surface area contributed by atoms with Crippen molar-refractivity contribution >= 4 is 23.4 Å². The first-order valence-corrected chi connectivity index (χ1v) is 10.4. The largest absolute Gasteiger partial charge is 0.479 e. The molecule has 1 aromatic heterocycles. The van der Waals surface area contributed by atoms with Crippen molar-refractivity contribution in [1.29, 1.82) is 0 Å². The molecule has 2 aliphatic heterocycles. The molecule has 4 rings (SSSR count). The van der Waals surface area contributed by atoms with Crippen LogP contribution in [0.25, 0.3) is 0 Å². The maximum absolute atomic E-state index is 14.9. The number of cyclic esters (lactones) is 1. The summed E-state index contributed by atoms with van der Waals surface area (Å²) in [6.07, 6.45) is -1.02. The van der Waals surface area contributed by atoms with Crippen LogP contribution in [-0.4, -0.2) is 74.5 Å². The highest BCUT2D eigenvalue weighted by molar-refractivity contribution is 5.90. The molecule has 0 radical (unpaired) electrons. The van der Waals surface area contributed by atoms with Crippen LogP contribution < -0.4 is 19.9 Å². The number of aromatic nitrogens is 1. The third-order valence-electron chi connectivity index (χ3n) is 5.53. The van der Waals surface area contributed by atoms with Gasteiger partial charge in [0.05, 0.1) is 38.1 Å². The maximum atomic E-state index is 14.9. The molecule has 2 fully saturated rings. The zero-order chi connectivity index (χ0) is 22.7. The molecule has 2 amide bonds. The molecule has 0 spiro atoms. The number of hydrogen-bond acceptors (Lipinski definition) is 8. The van der Waals surface area contributed by atoms with Crippen LogP contribution in [0.3, 0.4) is 0 Å². The summed E-state index contributed by atoms with van der Waals surface area (Å²) in [5, 5.41) is 6.43. The van der Waals surface area contributed by atoms with Crippen molar-refractivity contribution in [2.45, 2.75) is 19.6 Å². The van der Waals surface area contributed by atoms with E-state index < -0.39 is 18.0 Å². The van der Waals surface area contributed by atoms with Gasteiger partial charge in [0.1, 0.15) is 11.9 Å². The number of methoxy groups -OCH3 is 1. The van der Waals surface area contributed by atoms with E-state index in [4.69, 9.17) is 14.0 Å². The topological polar surface area (TPSA) is 100 Å². The minimum Gasteiger partial charge on any atom is -0.479 e. The van der Waals surface area contributed by atoms with E-state index in [-0.39, 0.29) is 19.0 Å². The van der Waals surface area contributed by atoms with Gasteiger partial charge in [-0.25, -0.2) is 9.18 Å². The minimum absolute atomic E-state index is 0.199. The molecule has 3 heterocycles. The Kier molecular flexibility index (Phi) is 6.45. The third kappa shape index (κ3) is 4.93. The summed E-state index contributed by atoms with van der Waals surface area (Å²) in [5.74, 6) is 0.578. The number of nitrogens with one attached hydrogen (secondary N) is 1. The molecule has 0 unspecified atom stereocenters. The van der Waals surface area contributed by atoms with Gasteiger partial charge in [0.2, 0.25) is 5.91 Å². The standard InChI is InChI=1S/C21H26FN5O5/c1-14(28)23-11-17-13-27(21(29)31-17)15-3-4-19(18(22)9-15)26-7-5-25(6-8-26)12-16-10-20(30-2)24-32-16/h3-4,9-10,17H,5-8,11-13H2,1-2H3,(H,23,28)/t17-/m0/s1. The van der Waals surface area contributed by atoms with Gasteiger partial charge in [0, 0.05) is 39.2 Å². The SMILES string of the molecule is COc1cc(CN2CCN(c3ccc(N4C[C@H](CNC(C)=O)OC4=O)cc3F)CC2)on1. The Morgan fingerprint density at radius 1 is 1.28 bits per heavy atom. The molecule has 32 heavy (non-hydrogen) atoms. The fourth-order valence-corrected chi connectivity index (χ4v) is 3.85. The summed E-state index contributed by atoms with van der Waals surface area (Å²) in [5.41, 5.74) is 0.927. The number of rotatable bonds is 7. The number of amides is 2. The molecule has 2 aromatic rings. The summed E-state index contributed by atoms with van der Waals surface area (Å²) < 4.78 is 30.4. The predicted molar refractivity (Wildman–Crippen MR) is 113 cm³/mol. The molecule has 0 aliphatic carbocycles. The maximum Gasteiger partial charge on any atom is 0.414 e. The number of carbonyl (C=O) groups is 2. The average molecular weight is 447 g/mol. The second-order valence-electron chi connectivity index (χ2n) is 7.79. The zero-order valence-corrected chi connectivity index (χ0v) is 18.0. The van der Waals surface area contributed by atoms with Crippen molar-refractivity contribution in [1.82, 2.24) is 15.4 Å². The van der Waals surface area contributed by atoms with Crippen LogP contribution >= 0.6 is 0 Å². The first-order chi connectivity index (χ1) is 15.4. The van der Waals surface area contributed by atoms with E-state index in [0.29, 0.717) is 36.9 Å². The quantitative estimate of drug-likeness (QED) is 0.683. The van der Waals surface area contributed by atoms with Gasteiger partial charge in [-0.2, -0.15) is 0 Å². The fraction of sp³-hybridized carbons (Fsp3) is 0.476. The van der Waals surface area contributed by atoms with Crippen molar-refractivity contribution in [3.63, 3.8) is 0 Å². The zero-order valence-electron chi connectivity index (χ0n) is 18.0. The van der Waals surface area contributed by atoms with E-state index in [1.54, 1.807) is 18.2 Å². The Bertz CT molecular complexity index is 975. The Balaban J connectivity index is 1.34. The Hall–Kier alpha value is -3.34. The first kappa shape index (κ1) is 21.9. The average Bonchev–Trinajstić information content (AvgIpc) is 3.39. The summed E-state index contributed by atoms with van der Waals surface area (Å²) in [7, 11) is 1.54. The van der Waals surface area contributed by atoms with Gasteiger partial charge < -0.3 is 24.2 Å². The first-order valence-electron chi connectivity index (χ1n) is 10.4. The van der Waals surface area contributed by atoms with E-state index in [0.717, 1.165) is 18.8 Å². The molecule has 0 saturated carbocycles. The summed E-state index contributed by atoms with van der Waals surface area (Å²) >= 11 is 0. The molecule has 10 nitrogen and oxygen atoms in total. The summed E-state index contributed by atoms with van der Waals surface area (Å²) in [6, 6.07) is 6.52. The van der Waals surface area contributed by atoms with Crippen molar-refractivity contribution in [2.24, 2.45) is 0 Å². The number of carbonyl (C=O) groups excluding carboxylic acids is 2. The molecule has 1 aromatic carbocycles. The van der Waals surface area contributed by atoms with Gasteiger partial charge in [-0.15, -0.1) is 0 Å². The van der Waals surface area contributed by atoms with Crippen LogP contribution in [0.5, 0.6) is 5.88 Å². The molecule has 0 bridgehead atoms. The molecular formula is C21H26FN5O5. The lowest BCUT2D eigenvalue weighted by atomic mass is 10.2. The molecule has 172 valence electrons. The molecule has 2 aliphatic rings. The van der Waals surface area contributed by atoms with Gasteiger partial charge >= 0.3 is 6.09 Å². The van der Waals surface area contributed by atoms with Crippen LogP contribution in [0.15, 0.2) is 28.8 Å². The molecular weight excluding hydrogens is 421 g/mol. The summed E-state index contributed by atoms with van der Waals surface area (Å²) in [4.78, 5) is 28.8. The Morgan fingerprint density at radius 3 is 2.72 bits per heavy atom. The van der Waals surface area contributed by atoms with Crippen molar-refractivity contribution in [3.05, 3.63) is 35.8 Å². The number of hydrogen-bond donors (Lipinski definition) is 1. The number of nitrogens with zero attached hydrogens (tertiary/aromatic N) is 4. The molecule has 1 N–H and O–H groups in total. The van der Waals surface area contributed by atoms with E-state index in [1.807, 2.05) is 4.90 Å². The van der Waals surface area contributed by atoms with Crippen LogP contribution in [0.1, 0.15) is 12.7 Å². The number of piperazine rings is 1. The van der Waals surface area contributed by atoms with Gasteiger partial charge in [0.15, 0.2) is 5.76 Å². The lowest BCUT2D eigenvalue weighted by Gasteiger charge is -2.35. The van der Waals surface area contributed by atoms with E-state index in [1.165, 1.54) is 25.0 Å². The van der Waals surface area contributed by atoms with Crippen molar-refractivity contribution in [3.8, 4) is 5.88 Å². The van der Waals surface area contributed by atoms with Gasteiger partial charge in [-0.05, 0) is 23.4 Å². The van der Waals surface area contributed by atoms with Gasteiger partial charge in [0.25, 0.3) is 5.88 Å². The van der Waals surface area contributed by atoms with Crippen LogP contribution in [0.4, 0.5) is 20.6 Å². The molecule has 11 heteroatoms. The Morgan fingerprint density at radius 2 is 2.06 bits per heavy atom. The highest BCUT2D eigenvalue weighted by Crippen LogP contribution is 2.28. The van der Waals surface area contributed by atoms with Crippen LogP contribution in [0, 0.1) is 5.82 Å². The van der Waals surface area contributed by atoms with Crippen molar-refractivity contribution < 1.29 is 28.0 Å². The minimum atomic E-state index is -0.551. The second kappa shape index (κ2) is 9.43. The van der Waals surface area contributed by atoms with Crippen LogP contribution in [-0.2, 0) is 16.1 Å². The molecule has 1 atom stereocenters. The number of ether oxygens (including phenoxy) is 2. The normalized spacial score (nSPS) is 19.2. The van der Waals surface area contributed by atoms with E-state index >= 15 is 0 Å². The fourth-order valence-electron chi connectivity index (χ4n) is 3.85. The smallest absolute Gasteiger partial charge is 0.414 e. The summed E-state index contributed by atoms with van der Waals surface area (Å²) in [6.45, 7) is 5.29. The number of benzene rings is 1. The lowest BCUT2D eigenvalue weighted by Crippen LogP contribution is -2.46.